The summed E-state index contributed by atoms with van der Waals surface area (Å²) in [6, 6.07) is 8.20. The Kier molecular flexibility index (Phi) is 2.15. The molecule has 0 bridgehead atoms. The summed E-state index contributed by atoms with van der Waals surface area (Å²) in [7, 11) is 4.11. The molecule has 14 heavy (non-hydrogen) atoms. The summed E-state index contributed by atoms with van der Waals surface area (Å²) >= 11 is 0. The number of rotatable bonds is 2. The van der Waals surface area contributed by atoms with E-state index in [1.54, 1.807) is 0 Å². The second-order valence-electron chi connectivity index (χ2n) is 3.47. The second kappa shape index (κ2) is 3.33. The molecule has 0 aliphatic rings. The minimum absolute atomic E-state index is 0.969. The van der Waals surface area contributed by atoms with E-state index in [1.165, 1.54) is 5.52 Å². The summed E-state index contributed by atoms with van der Waals surface area (Å²) in [6.07, 6.45) is 0. The van der Waals surface area contributed by atoms with Gasteiger partial charge >= 0.3 is 0 Å². The molecule has 0 aliphatic carbocycles. The molecule has 1 aromatic carbocycles. The SMILES string of the molecule is CCN(C)c1nc2ccccc2n1C. The van der Waals surface area contributed by atoms with Crippen LogP contribution >= 0.6 is 0 Å². The molecule has 1 heterocycles. The number of hydrogen-bond donors (Lipinski definition) is 0. The number of benzene rings is 1. The normalized spacial score (nSPS) is 10.8. The lowest BCUT2D eigenvalue weighted by atomic mass is 10.3. The number of anilines is 1. The molecule has 3 heteroatoms. The molecule has 0 amide bonds. The van der Waals surface area contributed by atoms with Crippen LogP contribution in [0.3, 0.4) is 0 Å². The van der Waals surface area contributed by atoms with E-state index in [2.05, 4.69) is 41.5 Å². The van der Waals surface area contributed by atoms with Crippen LogP contribution in [0.4, 0.5) is 5.95 Å². The first kappa shape index (κ1) is 9.06. The molecular formula is C11H15N3. The van der Waals surface area contributed by atoms with Crippen LogP contribution in [-0.4, -0.2) is 23.1 Å². The smallest absolute Gasteiger partial charge is 0.206 e. The zero-order valence-electron chi connectivity index (χ0n) is 8.86. The van der Waals surface area contributed by atoms with Crippen molar-refractivity contribution in [2.24, 2.45) is 7.05 Å². The summed E-state index contributed by atoms with van der Waals surface area (Å²) in [5.41, 5.74) is 2.24. The first-order valence-electron chi connectivity index (χ1n) is 4.86. The molecule has 0 aliphatic heterocycles. The molecule has 0 saturated carbocycles. The van der Waals surface area contributed by atoms with Crippen molar-refractivity contribution in [1.29, 1.82) is 0 Å². The molecule has 1 aromatic heterocycles. The third-order valence-corrected chi connectivity index (χ3v) is 2.58. The van der Waals surface area contributed by atoms with Crippen LogP contribution in [-0.2, 0) is 7.05 Å². The van der Waals surface area contributed by atoms with Crippen molar-refractivity contribution in [3.05, 3.63) is 24.3 Å². The standard InChI is InChI=1S/C11H15N3/c1-4-13(2)11-12-9-7-5-6-8-10(9)14(11)3/h5-8H,4H2,1-3H3. The van der Waals surface area contributed by atoms with E-state index in [9.17, 15) is 0 Å². The molecule has 0 atom stereocenters. The number of hydrogen-bond acceptors (Lipinski definition) is 2. The van der Waals surface area contributed by atoms with E-state index < -0.39 is 0 Å². The van der Waals surface area contributed by atoms with Crippen LogP contribution in [0.15, 0.2) is 24.3 Å². The van der Waals surface area contributed by atoms with Gasteiger partial charge in [-0.1, -0.05) is 12.1 Å². The Morgan fingerprint density at radius 3 is 2.71 bits per heavy atom. The molecule has 0 N–H and O–H groups in total. The highest BCUT2D eigenvalue weighted by Crippen LogP contribution is 2.19. The summed E-state index contributed by atoms with van der Waals surface area (Å²) in [5.74, 6) is 1.02. The monoisotopic (exact) mass is 189 g/mol. The summed E-state index contributed by atoms with van der Waals surface area (Å²) in [5, 5.41) is 0. The number of para-hydroxylation sites is 2. The Morgan fingerprint density at radius 1 is 1.36 bits per heavy atom. The summed E-state index contributed by atoms with van der Waals surface area (Å²) in [6.45, 7) is 3.09. The largest absolute Gasteiger partial charge is 0.346 e. The Bertz CT molecular complexity index is 445. The quantitative estimate of drug-likeness (QED) is 0.720. The zero-order chi connectivity index (χ0) is 10.1. The molecule has 0 fully saturated rings. The minimum Gasteiger partial charge on any atom is -0.346 e. The maximum Gasteiger partial charge on any atom is 0.206 e. The van der Waals surface area contributed by atoms with Gasteiger partial charge in [0.05, 0.1) is 11.0 Å². The van der Waals surface area contributed by atoms with E-state index in [0.29, 0.717) is 0 Å². The van der Waals surface area contributed by atoms with E-state index in [0.717, 1.165) is 18.0 Å². The number of fused-ring (bicyclic) bond motifs is 1. The van der Waals surface area contributed by atoms with Crippen LogP contribution in [0.1, 0.15) is 6.92 Å². The minimum atomic E-state index is 0.969. The van der Waals surface area contributed by atoms with Crippen LogP contribution in [0.2, 0.25) is 0 Å². The first-order valence-corrected chi connectivity index (χ1v) is 4.86. The van der Waals surface area contributed by atoms with Gasteiger partial charge in [-0.15, -0.1) is 0 Å². The van der Waals surface area contributed by atoms with Crippen molar-refractivity contribution in [1.82, 2.24) is 9.55 Å². The average molecular weight is 189 g/mol. The van der Waals surface area contributed by atoms with Gasteiger partial charge in [-0.3, -0.25) is 0 Å². The number of nitrogens with zero attached hydrogens (tertiary/aromatic N) is 3. The zero-order valence-corrected chi connectivity index (χ0v) is 8.86. The molecule has 0 saturated heterocycles. The van der Waals surface area contributed by atoms with Crippen LogP contribution in [0, 0.1) is 0 Å². The van der Waals surface area contributed by atoms with Crippen LogP contribution < -0.4 is 4.90 Å². The van der Waals surface area contributed by atoms with E-state index in [4.69, 9.17) is 0 Å². The van der Waals surface area contributed by atoms with Crippen molar-refractivity contribution in [3.63, 3.8) is 0 Å². The predicted molar refractivity (Wildman–Crippen MR) is 59.7 cm³/mol. The topological polar surface area (TPSA) is 21.1 Å². The number of aromatic nitrogens is 2. The van der Waals surface area contributed by atoms with Crippen molar-refractivity contribution < 1.29 is 0 Å². The van der Waals surface area contributed by atoms with Gasteiger partial charge in [0, 0.05) is 20.6 Å². The lowest BCUT2D eigenvalue weighted by molar-refractivity contribution is 0.841. The van der Waals surface area contributed by atoms with Gasteiger partial charge in [0.25, 0.3) is 0 Å². The maximum atomic E-state index is 4.57. The van der Waals surface area contributed by atoms with Crippen molar-refractivity contribution in [3.8, 4) is 0 Å². The van der Waals surface area contributed by atoms with Gasteiger partial charge in [-0.05, 0) is 19.1 Å². The molecule has 2 aromatic rings. The highest BCUT2D eigenvalue weighted by molar-refractivity contribution is 5.78. The molecule has 0 spiro atoms. The molecule has 74 valence electrons. The van der Waals surface area contributed by atoms with Crippen LogP contribution in [0.5, 0.6) is 0 Å². The summed E-state index contributed by atoms with van der Waals surface area (Å²) in [4.78, 5) is 6.71. The fraction of sp³-hybridized carbons (Fsp3) is 0.364. The van der Waals surface area contributed by atoms with Gasteiger partial charge in [0.15, 0.2) is 0 Å². The molecule has 3 nitrogen and oxygen atoms in total. The summed E-state index contributed by atoms with van der Waals surface area (Å²) < 4.78 is 2.12. The third-order valence-electron chi connectivity index (χ3n) is 2.58. The van der Waals surface area contributed by atoms with Gasteiger partial charge in [0.1, 0.15) is 0 Å². The molecule has 0 unspecified atom stereocenters. The fourth-order valence-electron chi connectivity index (χ4n) is 1.62. The number of imidazole rings is 1. The van der Waals surface area contributed by atoms with Gasteiger partial charge in [0.2, 0.25) is 5.95 Å². The lowest BCUT2D eigenvalue weighted by Gasteiger charge is -2.15. The van der Waals surface area contributed by atoms with Gasteiger partial charge < -0.3 is 9.47 Å². The average Bonchev–Trinajstić information content (AvgIpc) is 2.56. The van der Waals surface area contributed by atoms with E-state index >= 15 is 0 Å². The lowest BCUT2D eigenvalue weighted by Crippen LogP contribution is -2.19. The van der Waals surface area contributed by atoms with Crippen molar-refractivity contribution >= 4 is 17.0 Å². The maximum absolute atomic E-state index is 4.57. The highest BCUT2D eigenvalue weighted by atomic mass is 15.3. The van der Waals surface area contributed by atoms with Gasteiger partial charge in [-0.2, -0.15) is 0 Å². The third kappa shape index (κ3) is 1.25. The predicted octanol–water partition coefficient (Wildman–Crippen LogP) is 2.03. The van der Waals surface area contributed by atoms with E-state index in [-0.39, 0.29) is 0 Å². The van der Waals surface area contributed by atoms with Crippen molar-refractivity contribution in [2.45, 2.75) is 6.92 Å². The second-order valence-corrected chi connectivity index (χ2v) is 3.47. The Labute approximate surface area is 84.0 Å². The fourth-order valence-corrected chi connectivity index (χ4v) is 1.62. The van der Waals surface area contributed by atoms with E-state index in [1.807, 2.05) is 18.2 Å². The Hall–Kier alpha value is -1.51. The highest BCUT2D eigenvalue weighted by Gasteiger charge is 2.08. The van der Waals surface area contributed by atoms with Gasteiger partial charge in [-0.25, -0.2) is 4.98 Å². The Balaban J connectivity index is 2.62. The molecule has 2 rings (SSSR count). The number of aryl methyl sites for hydroxylation is 1. The van der Waals surface area contributed by atoms with Crippen LogP contribution in [0.25, 0.3) is 11.0 Å². The van der Waals surface area contributed by atoms with Crippen molar-refractivity contribution in [2.75, 3.05) is 18.5 Å². The Morgan fingerprint density at radius 2 is 2.07 bits per heavy atom. The first-order chi connectivity index (χ1) is 6.74. The molecule has 0 radical (unpaired) electrons. The molecular weight excluding hydrogens is 174 g/mol.